The van der Waals surface area contributed by atoms with E-state index in [1.54, 1.807) is 22.3 Å². The molecule has 8 rings (SSSR count). The van der Waals surface area contributed by atoms with E-state index in [1.807, 2.05) is 0 Å². The molecule has 3 nitrogen and oxygen atoms in total. The molecule has 4 fully saturated rings. The zero-order valence-corrected chi connectivity index (χ0v) is 20.9. The third kappa shape index (κ3) is 2.64. The smallest absolute Gasteiger partial charge is 0.0975 e. The minimum Gasteiger partial charge on any atom is -0.359 e. The molecule has 0 aromatic heterocycles. The van der Waals surface area contributed by atoms with Crippen LogP contribution in [0.1, 0.15) is 75.8 Å². The lowest BCUT2D eigenvalue weighted by molar-refractivity contribution is -0.147. The summed E-state index contributed by atoms with van der Waals surface area (Å²) in [5.41, 5.74) is 6.73. The van der Waals surface area contributed by atoms with E-state index in [-0.39, 0.29) is 11.2 Å². The van der Waals surface area contributed by atoms with Gasteiger partial charge in [0.05, 0.1) is 11.2 Å². The molecule has 2 spiro atoms. The van der Waals surface area contributed by atoms with Crippen LogP contribution in [0.15, 0.2) is 47.6 Å². The number of benzene rings is 1. The maximum atomic E-state index is 7.52. The molecule has 1 aromatic rings. The van der Waals surface area contributed by atoms with E-state index in [4.69, 9.17) is 4.74 Å². The summed E-state index contributed by atoms with van der Waals surface area (Å²) in [7, 11) is 0. The molecular formula is C31H40N2O. The van der Waals surface area contributed by atoms with Crippen molar-refractivity contribution in [2.24, 2.45) is 11.3 Å². The molecule has 2 saturated carbocycles. The fourth-order valence-corrected chi connectivity index (χ4v) is 9.76. The Bertz CT molecular complexity index is 1090. The van der Waals surface area contributed by atoms with Crippen molar-refractivity contribution in [3.05, 3.63) is 58.7 Å². The van der Waals surface area contributed by atoms with E-state index in [0.717, 1.165) is 12.6 Å². The lowest BCUT2D eigenvalue weighted by Crippen LogP contribution is -2.58. The van der Waals surface area contributed by atoms with Crippen molar-refractivity contribution in [3.63, 3.8) is 0 Å². The first kappa shape index (κ1) is 20.7. The number of allylic oxidation sites excluding steroid dienone is 1. The average molecular weight is 457 g/mol. The normalized spacial score (nSPS) is 45.4. The monoisotopic (exact) mass is 456 g/mol. The Morgan fingerprint density at radius 3 is 2.68 bits per heavy atom. The van der Waals surface area contributed by atoms with Gasteiger partial charge in [0.1, 0.15) is 0 Å². The van der Waals surface area contributed by atoms with Crippen molar-refractivity contribution in [1.29, 1.82) is 0 Å². The highest BCUT2D eigenvalue weighted by molar-refractivity contribution is 5.47. The van der Waals surface area contributed by atoms with Gasteiger partial charge in [0.2, 0.25) is 0 Å². The quantitative estimate of drug-likeness (QED) is 0.572. The fraction of sp³-hybridized carbons (Fsp3) is 0.677. The molecule has 180 valence electrons. The van der Waals surface area contributed by atoms with Crippen LogP contribution in [0.3, 0.4) is 0 Å². The number of likely N-dealkylation sites (tertiary alicyclic amines) is 1. The Balaban J connectivity index is 1.11. The SMILES string of the molecule is C[C@]12CC=C3C=C4CC[C@@H](N5CCC5)CC45CC[C@]3(O5)[C@@H]1CC[C@@H]2N1CCc2ccccc2C1. The van der Waals surface area contributed by atoms with Crippen molar-refractivity contribution in [1.82, 2.24) is 9.80 Å². The number of hydrogen-bond acceptors (Lipinski definition) is 3. The number of fused-ring (bicyclic) bond motifs is 2. The van der Waals surface area contributed by atoms with Gasteiger partial charge in [-0.25, -0.2) is 0 Å². The first-order valence-corrected chi connectivity index (χ1v) is 14.3. The Hall–Kier alpha value is -1.42. The van der Waals surface area contributed by atoms with Crippen LogP contribution in [0, 0.1) is 11.3 Å². The topological polar surface area (TPSA) is 15.7 Å². The van der Waals surface area contributed by atoms with Gasteiger partial charge in [0.15, 0.2) is 0 Å². The number of rotatable bonds is 2. The highest BCUT2D eigenvalue weighted by atomic mass is 16.5. The summed E-state index contributed by atoms with van der Waals surface area (Å²) in [5.74, 6) is 0.670. The van der Waals surface area contributed by atoms with Gasteiger partial charge in [-0.1, -0.05) is 43.3 Å². The zero-order valence-electron chi connectivity index (χ0n) is 20.9. The molecule has 1 aromatic carbocycles. The van der Waals surface area contributed by atoms with E-state index >= 15 is 0 Å². The number of ether oxygens (including phenoxy) is 1. The average Bonchev–Trinajstić information content (AvgIpc) is 3.33. The highest BCUT2D eigenvalue weighted by Gasteiger charge is 2.67. The number of hydrogen-bond donors (Lipinski definition) is 0. The van der Waals surface area contributed by atoms with Crippen LogP contribution in [-0.2, 0) is 17.7 Å². The van der Waals surface area contributed by atoms with Crippen molar-refractivity contribution in [2.75, 3.05) is 19.6 Å². The van der Waals surface area contributed by atoms with Crippen LogP contribution in [0.2, 0.25) is 0 Å². The second kappa shape index (κ2) is 7.08. The minimum atomic E-state index is -0.00419. The summed E-state index contributed by atoms with van der Waals surface area (Å²) in [6.07, 6.45) is 18.2. The van der Waals surface area contributed by atoms with Crippen molar-refractivity contribution in [3.8, 4) is 0 Å². The Kier molecular flexibility index (Phi) is 4.32. The van der Waals surface area contributed by atoms with Gasteiger partial charge in [-0.05, 0) is 111 Å². The lowest BCUT2D eigenvalue weighted by Gasteiger charge is -2.56. The molecule has 34 heavy (non-hydrogen) atoms. The van der Waals surface area contributed by atoms with Crippen molar-refractivity contribution < 1.29 is 4.74 Å². The van der Waals surface area contributed by atoms with Gasteiger partial charge < -0.3 is 9.64 Å². The molecule has 4 heterocycles. The minimum absolute atomic E-state index is 0.00419. The summed E-state index contributed by atoms with van der Waals surface area (Å²) >= 11 is 0. The maximum absolute atomic E-state index is 7.52. The Labute approximate surface area is 205 Å². The summed E-state index contributed by atoms with van der Waals surface area (Å²) in [5, 5.41) is 0. The lowest BCUT2D eigenvalue weighted by atomic mass is 9.59. The molecule has 0 radical (unpaired) electrons. The van der Waals surface area contributed by atoms with Crippen LogP contribution in [0.25, 0.3) is 0 Å². The molecule has 7 aliphatic rings. The third-order valence-corrected chi connectivity index (χ3v) is 11.6. The van der Waals surface area contributed by atoms with Gasteiger partial charge >= 0.3 is 0 Å². The molecule has 0 amide bonds. The van der Waals surface area contributed by atoms with Crippen molar-refractivity contribution in [2.45, 2.75) is 101 Å². The van der Waals surface area contributed by atoms with Gasteiger partial charge in [-0.15, -0.1) is 0 Å². The zero-order chi connectivity index (χ0) is 22.5. The van der Waals surface area contributed by atoms with Gasteiger partial charge in [-0.2, -0.15) is 0 Å². The van der Waals surface area contributed by atoms with E-state index < -0.39 is 0 Å². The first-order valence-electron chi connectivity index (χ1n) is 14.3. The van der Waals surface area contributed by atoms with Crippen LogP contribution in [-0.4, -0.2) is 52.7 Å². The van der Waals surface area contributed by atoms with Gasteiger partial charge in [-0.3, -0.25) is 4.90 Å². The Morgan fingerprint density at radius 2 is 1.82 bits per heavy atom. The third-order valence-electron chi connectivity index (χ3n) is 11.6. The van der Waals surface area contributed by atoms with E-state index in [9.17, 15) is 0 Å². The molecule has 2 bridgehead atoms. The standard InChI is InChI=1S/C31H40N2O/c1-29-13-11-25-19-24-7-8-26(32-16-4-17-32)20-30(24)14-15-31(25,34-30)27(29)9-10-28(29)33-18-12-22-5-2-3-6-23(22)21-33/h2-3,5-6,11,19,26-28H,4,7-10,12-18,20-21H2,1H3/t26-,27-,28+,29+,30?,31-/m1/s1. The van der Waals surface area contributed by atoms with E-state index in [0.29, 0.717) is 17.4 Å². The van der Waals surface area contributed by atoms with Gasteiger partial charge in [0.25, 0.3) is 0 Å². The van der Waals surface area contributed by atoms with Crippen LogP contribution in [0.5, 0.6) is 0 Å². The molecule has 2 saturated heterocycles. The van der Waals surface area contributed by atoms with Gasteiger partial charge in [0, 0.05) is 25.2 Å². The summed E-state index contributed by atoms with van der Waals surface area (Å²) < 4.78 is 7.52. The van der Waals surface area contributed by atoms with Crippen molar-refractivity contribution >= 4 is 0 Å². The summed E-state index contributed by atoms with van der Waals surface area (Å²) in [6, 6.07) is 10.6. The second-order valence-electron chi connectivity index (χ2n) is 12.9. The Morgan fingerprint density at radius 1 is 0.941 bits per heavy atom. The molecule has 4 aliphatic heterocycles. The number of nitrogens with zero attached hydrogens (tertiary/aromatic N) is 2. The maximum Gasteiger partial charge on any atom is 0.0975 e. The summed E-state index contributed by atoms with van der Waals surface area (Å²) in [6.45, 7) is 7.63. The fourth-order valence-electron chi connectivity index (χ4n) is 9.76. The largest absolute Gasteiger partial charge is 0.359 e. The molecule has 3 heteroatoms. The van der Waals surface area contributed by atoms with Crippen LogP contribution >= 0.6 is 0 Å². The molecule has 0 N–H and O–H groups in total. The molecule has 3 aliphatic carbocycles. The predicted octanol–water partition coefficient (Wildman–Crippen LogP) is 5.65. The first-order chi connectivity index (χ1) is 16.6. The second-order valence-corrected chi connectivity index (χ2v) is 12.9. The summed E-state index contributed by atoms with van der Waals surface area (Å²) in [4.78, 5) is 5.60. The molecule has 6 atom stereocenters. The van der Waals surface area contributed by atoms with E-state index in [2.05, 4.69) is 53.1 Å². The molecule has 1 unspecified atom stereocenters. The van der Waals surface area contributed by atoms with E-state index in [1.165, 1.54) is 83.8 Å². The van der Waals surface area contributed by atoms with Crippen LogP contribution in [0.4, 0.5) is 0 Å². The van der Waals surface area contributed by atoms with Crippen LogP contribution < -0.4 is 0 Å². The molecular weight excluding hydrogens is 416 g/mol. The highest BCUT2D eigenvalue weighted by Crippen LogP contribution is 2.67. The predicted molar refractivity (Wildman–Crippen MR) is 136 cm³/mol.